The van der Waals surface area contributed by atoms with Crippen LogP contribution in [0.4, 0.5) is 18.9 Å². The highest BCUT2D eigenvalue weighted by Gasteiger charge is 2.35. The number of rotatable bonds is 5. The van der Waals surface area contributed by atoms with Crippen LogP contribution in [0, 0.1) is 0 Å². The van der Waals surface area contributed by atoms with Gasteiger partial charge in [-0.1, -0.05) is 23.7 Å². The third kappa shape index (κ3) is 5.87. The second-order valence-electron chi connectivity index (χ2n) is 7.37. The highest BCUT2D eigenvalue weighted by Crippen LogP contribution is 2.34. The van der Waals surface area contributed by atoms with E-state index in [1.807, 2.05) is 24.0 Å². The molecule has 8 heteroatoms. The molecule has 1 fully saturated rings. The SMILES string of the molecule is CC1(Oc2ccc(Cl)cc2)CCN(CC(=O)Nc2ccccc2C(F)(F)F)CC1. The zero-order valence-corrected chi connectivity index (χ0v) is 16.7. The van der Waals surface area contributed by atoms with E-state index in [1.165, 1.54) is 18.2 Å². The molecule has 1 saturated heterocycles. The first-order valence-electron chi connectivity index (χ1n) is 9.28. The number of para-hydroxylation sites is 1. The molecular weight excluding hydrogens is 405 g/mol. The summed E-state index contributed by atoms with van der Waals surface area (Å²) in [5.74, 6) is 0.260. The van der Waals surface area contributed by atoms with Gasteiger partial charge in [0.05, 0.1) is 17.8 Å². The van der Waals surface area contributed by atoms with Crippen molar-refractivity contribution in [3.63, 3.8) is 0 Å². The molecule has 0 atom stereocenters. The number of benzene rings is 2. The molecule has 0 radical (unpaired) electrons. The van der Waals surface area contributed by atoms with Crippen LogP contribution in [-0.4, -0.2) is 36.0 Å². The van der Waals surface area contributed by atoms with Crippen molar-refractivity contribution in [3.8, 4) is 5.75 Å². The van der Waals surface area contributed by atoms with Crippen LogP contribution in [0.3, 0.4) is 0 Å². The smallest absolute Gasteiger partial charge is 0.418 e. The second kappa shape index (κ2) is 8.63. The van der Waals surface area contributed by atoms with Gasteiger partial charge < -0.3 is 10.1 Å². The van der Waals surface area contributed by atoms with Crippen molar-refractivity contribution in [2.75, 3.05) is 25.0 Å². The van der Waals surface area contributed by atoms with E-state index in [2.05, 4.69) is 5.32 Å². The van der Waals surface area contributed by atoms with Gasteiger partial charge in [-0.2, -0.15) is 13.2 Å². The lowest BCUT2D eigenvalue weighted by molar-refractivity contribution is -0.137. The third-order valence-electron chi connectivity index (χ3n) is 4.97. The Hall–Kier alpha value is -2.25. The van der Waals surface area contributed by atoms with Crippen molar-refractivity contribution in [2.24, 2.45) is 0 Å². The van der Waals surface area contributed by atoms with Crippen LogP contribution in [0.25, 0.3) is 0 Å². The van der Waals surface area contributed by atoms with Crippen LogP contribution in [0.5, 0.6) is 5.75 Å². The van der Waals surface area contributed by atoms with E-state index in [1.54, 1.807) is 12.1 Å². The Kier molecular flexibility index (Phi) is 6.39. The minimum atomic E-state index is -4.52. The molecule has 0 saturated carbocycles. The van der Waals surface area contributed by atoms with Gasteiger partial charge in [-0.3, -0.25) is 9.69 Å². The average molecular weight is 427 g/mol. The lowest BCUT2D eigenvalue weighted by Crippen LogP contribution is -2.48. The summed E-state index contributed by atoms with van der Waals surface area (Å²) in [5.41, 5.74) is -1.45. The highest BCUT2D eigenvalue weighted by atomic mass is 35.5. The molecule has 0 aromatic heterocycles. The third-order valence-corrected chi connectivity index (χ3v) is 5.22. The number of likely N-dealkylation sites (tertiary alicyclic amines) is 1. The number of piperidine rings is 1. The molecule has 0 aliphatic carbocycles. The van der Waals surface area contributed by atoms with Crippen molar-refractivity contribution in [1.29, 1.82) is 0 Å². The van der Waals surface area contributed by atoms with Crippen LogP contribution >= 0.6 is 11.6 Å². The van der Waals surface area contributed by atoms with Gasteiger partial charge >= 0.3 is 6.18 Å². The van der Waals surface area contributed by atoms with E-state index in [-0.39, 0.29) is 17.8 Å². The van der Waals surface area contributed by atoms with Crippen molar-refractivity contribution in [2.45, 2.75) is 31.5 Å². The standard InChI is InChI=1S/C21H22ClF3N2O2/c1-20(29-16-8-6-15(22)7-9-16)10-12-27(13-11-20)14-19(28)26-18-5-3-2-4-17(18)21(23,24)25/h2-9H,10-14H2,1H3,(H,26,28). The number of hydrogen-bond acceptors (Lipinski definition) is 3. The van der Waals surface area contributed by atoms with Gasteiger partial charge in [0.25, 0.3) is 0 Å². The summed E-state index contributed by atoms with van der Waals surface area (Å²) >= 11 is 5.89. The molecule has 1 heterocycles. The first-order valence-corrected chi connectivity index (χ1v) is 9.65. The maximum absolute atomic E-state index is 13.1. The number of anilines is 1. The summed E-state index contributed by atoms with van der Waals surface area (Å²) in [5, 5.41) is 3.02. The Balaban J connectivity index is 1.53. The topological polar surface area (TPSA) is 41.6 Å². The molecule has 29 heavy (non-hydrogen) atoms. The van der Waals surface area contributed by atoms with Crippen LogP contribution < -0.4 is 10.1 Å². The van der Waals surface area contributed by atoms with Crippen LogP contribution in [0.2, 0.25) is 5.02 Å². The van der Waals surface area contributed by atoms with Gasteiger partial charge in [0, 0.05) is 18.1 Å². The monoisotopic (exact) mass is 426 g/mol. The number of ether oxygens (including phenoxy) is 1. The van der Waals surface area contributed by atoms with Crippen LogP contribution in [-0.2, 0) is 11.0 Å². The molecule has 3 rings (SSSR count). The fourth-order valence-electron chi connectivity index (χ4n) is 3.31. The quantitative estimate of drug-likeness (QED) is 0.711. The van der Waals surface area contributed by atoms with Crippen molar-refractivity contribution in [3.05, 3.63) is 59.1 Å². The molecule has 156 valence electrons. The fourth-order valence-corrected chi connectivity index (χ4v) is 3.43. The molecule has 1 N–H and O–H groups in total. The zero-order valence-electron chi connectivity index (χ0n) is 15.9. The molecule has 2 aromatic rings. The second-order valence-corrected chi connectivity index (χ2v) is 7.81. The minimum absolute atomic E-state index is 0.0310. The van der Waals surface area contributed by atoms with Gasteiger partial charge in [-0.15, -0.1) is 0 Å². The fraction of sp³-hybridized carbons (Fsp3) is 0.381. The first-order chi connectivity index (χ1) is 13.6. The average Bonchev–Trinajstić information content (AvgIpc) is 2.65. The van der Waals surface area contributed by atoms with Crippen molar-refractivity contribution >= 4 is 23.2 Å². The Labute approximate surface area is 172 Å². The Bertz CT molecular complexity index is 848. The van der Waals surface area contributed by atoms with Gasteiger partial charge in [-0.05, 0) is 56.2 Å². The Morgan fingerprint density at radius 2 is 1.76 bits per heavy atom. The summed E-state index contributed by atoms with van der Waals surface area (Å²) in [7, 11) is 0. The summed E-state index contributed by atoms with van der Waals surface area (Å²) in [6.07, 6.45) is -3.13. The number of nitrogens with zero attached hydrogens (tertiary/aromatic N) is 1. The Morgan fingerprint density at radius 1 is 1.14 bits per heavy atom. The van der Waals surface area contributed by atoms with Crippen LogP contribution in [0.15, 0.2) is 48.5 Å². The van der Waals surface area contributed by atoms with Crippen molar-refractivity contribution < 1.29 is 22.7 Å². The zero-order chi connectivity index (χ0) is 21.1. The van der Waals surface area contributed by atoms with Gasteiger partial charge in [0.2, 0.25) is 5.91 Å². The van der Waals surface area contributed by atoms with E-state index < -0.39 is 17.6 Å². The number of carbonyl (C=O) groups excluding carboxylic acids is 1. The van der Waals surface area contributed by atoms with E-state index in [9.17, 15) is 18.0 Å². The number of amides is 1. The van der Waals surface area contributed by atoms with Crippen LogP contribution in [0.1, 0.15) is 25.3 Å². The van der Waals surface area contributed by atoms with Gasteiger partial charge in [0.1, 0.15) is 11.4 Å². The lowest BCUT2D eigenvalue weighted by atomic mass is 9.93. The largest absolute Gasteiger partial charge is 0.487 e. The van der Waals surface area contributed by atoms with E-state index in [0.717, 1.165) is 11.8 Å². The van der Waals surface area contributed by atoms with E-state index in [0.29, 0.717) is 31.0 Å². The normalized spacial score (nSPS) is 17.0. The molecular formula is C21H22ClF3N2O2. The predicted octanol–water partition coefficient (Wildman–Crippen LogP) is 5.23. The number of halogens is 4. The van der Waals surface area contributed by atoms with Gasteiger partial charge in [0.15, 0.2) is 0 Å². The summed E-state index contributed by atoms with van der Waals surface area (Å²) < 4.78 is 45.3. The molecule has 0 bridgehead atoms. The minimum Gasteiger partial charge on any atom is -0.487 e. The van der Waals surface area contributed by atoms with Gasteiger partial charge in [-0.25, -0.2) is 0 Å². The number of hydrogen-bond donors (Lipinski definition) is 1. The summed E-state index contributed by atoms with van der Waals surface area (Å²) in [6.45, 7) is 3.26. The van der Waals surface area contributed by atoms with Crippen molar-refractivity contribution in [1.82, 2.24) is 4.90 Å². The molecule has 0 spiro atoms. The molecule has 4 nitrogen and oxygen atoms in total. The molecule has 2 aromatic carbocycles. The molecule has 1 amide bonds. The number of alkyl halides is 3. The van der Waals surface area contributed by atoms with E-state index >= 15 is 0 Å². The van der Waals surface area contributed by atoms with E-state index in [4.69, 9.17) is 16.3 Å². The molecule has 0 unspecified atom stereocenters. The molecule has 1 aliphatic heterocycles. The summed E-state index contributed by atoms with van der Waals surface area (Å²) in [4.78, 5) is 14.2. The predicted molar refractivity (Wildman–Crippen MR) is 106 cm³/mol. The first kappa shape index (κ1) is 21.5. The molecule has 1 aliphatic rings. The lowest BCUT2D eigenvalue weighted by Gasteiger charge is -2.39. The number of carbonyl (C=O) groups is 1. The summed E-state index contributed by atoms with van der Waals surface area (Å²) in [6, 6.07) is 12.1. The maximum Gasteiger partial charge on any atom is 0.418 e. The number of nitrogens with one attached hydrogen (secondary N) is 1. The maximum atomic E-state index is 13.1. The Morgan fingerprint density at radius 3 is 2.38 bits per heavy atom. The highest BCUT2D eigenvalue weighted by molar-refractivity contribution is 6.30.